The molecule has 0 saturated carbocycles. The first-order valence-corrected chi connectivity index (χ1v) is 6.81. The normalized spacial score (nSPS) is 13.2. The average Bonchev–Trinajstić information content (AvgIpc) is 2.42. The molecule has 0 saturated heterocycles. The molecule has 0 aliphatic carbocycles. The van der Waals surface area contributed by atoms with Crippen LogP contribution in [0.3, 0.4) is 0 Å². The van der Waals surface area contributed by atoms with Crippen molar-refractivity contribution in [1.82, 2.24) is 10.3 Å². The Balaban J connectivity index is 2.87. The molecule has 1 aromatic heterocycles. The van der Waals surface area contributed by atoms with Crippen molar-refractivity contribution in [3.05, 3.63) is 41.7 Å². The summed E-state index contributed by atoms with van der Waals surface area (Å²) in [5.74, 6) is 0. The van der Waals surface area contributed by atoms with E-state index in [1.807, 2.05) is 13.8 Å². The minimum absolute atomic E-state index is 0.0790. The molecule has 0 aliphatic heterocycles. The van der Waals surface area contributed by atoms with Gasteiger partial charge < -0.3 is 5.32 Å². The van der Waals surface area contributed by atoms with Crippen molar-refractivity contribution < 1.29 is 13.2 Å². The number of rotatable bonds is 7. The molecule has 0 bridgehead atoms. The van der Waals surface area contributed by atoms with E-state index in [0.29, 0.717) is 12.1 Å². The maximum absolute atomic E-state index is 12.5. The third-order valence-corrected chi connectivity index (χ3v) is 3.10. The van der Waals surface area contributed by atoms with Crippen molar-refractivity contribution in [2.45, 2.75) is 45.3 Å². The molecule has 2 nitrogen and oxygen atoms in total. The second kappa shape index (κ2) is 7.43. The molecular weight excluding hydrogens is 265 g/mol. The molecule has 1 heterocycles. The number of nitrogens with zero attached hydrogens (tertiary/aromatic N) is 1. The molecule has 1 unspecified atom stereocenters. The van der Waals surface area contributed by atoms with Gasteiger partial charge in [-0.1, -0.05) is 26.0 Å². The number of nitrogens with one attached hydrogen (secondary N) is 1. The molecule has 0 fully saturated rings. The van der Waals surface area contributed by atoms with Gasteiger partial charge in [0.15, 0.2) is 0 Å². The van der Waals surface area contributed by atoms with Crippen LogP contribution in [-0.2, 0) is 6.18 Å². The number of pyridine rings is 1. The molecule has 0 aromatic carbocycles. The summed E-state index contributed by atoms with van der Waals surface area (Å²) in [6.45, 7) is 8.81. The Hall–Kier alpha value is -1.36. The highest BCUT2D eigenvalue weighted by molar-refractivity contribution is 5.20. The van der Waals surface area contributed by atoms with Crippen LogP contribution >= 0.6 is 0 Å². The van der Waals surface area contributed by atoms with Crippen LogP contribution < -0.4 is 5.32 Å². The number of halogens is 3. The van der Waals surface area contributed by atoms with E-state index < -0.39 is 11.7 Å². The first-order valence-electron chi connectivity index (χ1n) is 6.81. The number of hydrogen-bond acceptors (Lipinski definition) is 2. The Labute approximate surface area is 118 Å². The number of aromatic nitrogens is 1. The smallest absolute Gasteiger partial charge is 0.308 e. The second-order valence-electron chi connectivity index (χ2n) is 4.78. The van der Waals surface area contributed by atoms with Gasteiger partial charge >= 0.3 is 6.18 Å². The van der Waals surface area contributed by atoms with E-state index in [1.54, 1.807) is 0 Å². The van der Waals surface area contributed by atoms with Gasteiger partial charge in [-0.2, -0.15) is 13.2 Å². The van der Waals surface area contributed by atoms with E-state index in [1.165, 1.54) is 6.07 Å². The van der Waals surface area contributed by atoms with Gasteiger partial charge in [0, 0.05) is 6.20 Å². The van der Waals surface area contributed by atoms with Crippen LogP contribution in [-0.4, -0.2) is 11.5 Å². The Morgan fingerprint density at radius 2 is 2.05 bits per heavy atom. The Kier molecular flexibility index (Phi) is 6.20. The van der Waals surface area contributed by atoms with Gasteiger partial charge in [-0.15, -0.1) is 0 Å². The van der Waals surface area contributed by atoms with Gasteiger partial charge in [0.1, 0.15) is 0 Å². The highest BCUT2D eigenvalue weighted by atomic mass is 19.4. The summed E-state index contributed by atoms with van der Waals surface area (Å²) in [7, 11) is 0. The van der Waals surface area contributed by atoms with E-state index in [9.17, 15) is 13.2 Å². The Morgan fingerprint density at radius 3 is 2.50 bits per heavy atom. The molecular formula is C15H21F3N2. The predicted molar refractivity (Wildman–Crippen MR) is 74.3 cm³/mol. The molecule has 0 spiro atoms. The van der Waals surface area contributed by atoms with Crippen molar-refractivity contribution in [3.8, 4) is 0 Å². The summed E-state index contributed by atoms with van der Waals surface area (Å²) in [4.78, 5) is 3.96. The molecule has 5 heteroatoms. The van der Waals surface area contributed by atoms with Crippen LogP contribution in [0, 0.1) is 0 Å². The van der Waals surface area contributed by atoms with E-state index in [0.717, 1.165) is 37.2 Å². The molecule has 20 heavy (non-hydrogen) atoms. The maximum atomic E-state index is 12.5. The average molecular weight is 286 g/mol. The Bertz CT molecular complexity index is 424. The third kappa shape index (κ3) is 4.96. The lowest BCUT2D eigenvalue weighted by Gasteiger charge is -2.19. The van der Waals surface area contributed by atoms with Crippen molar-refractivity contribution >= 4 is 0 Å². The standard InChI is InChI=1S/C15H21F3N2/c1-4-8-19-14(9-11(3)5-2)13-7-6-12(10-20-13)15(16,17)18/h6-7,10,14,19H,3-5,8-9H2,1-2H3. The summed E-state index contributed by atoms with van der Waals surface area (Å²) >= 11 is 0. The third-order valence-electron chi connectivity index (χ3n) is 3.10. The largest absolute Gasteiger partial charge is 0.417 e. The topological polar surface area (TPSA) is 24.9 Å². The van der Waals surface area contributed by atoms with Crippen molar-refractivity contribution in [3.63, 3.8) is 0 Å². The van der Waals surface area contributed by atoms with E-state index >= 15 is 0 Å². The molecule has 112 valence electrons. The first kappa shape index (κ1) is 16.7. The van der Waals surface area contributed by atoms with Gasteiger partial charge in [-0.05, 0) is 37.9 Å². The summed E-state index contributed by atoms with van der Waals surface area (Å²) in [5.41, 5.74) is 0.964. The van der Waals surface area contributed by atoms with Crippen LogP contribution in [0.4, 0.5) is 13.2 Å². The lowest BCUT2D eigenvalue weighted by Crippen LogP contribution is -2.23. The lowest BCUT2D eigenvalue weighted by atomic mass is 10.0. The fourth-order valence-electron chi connectivity index (χ4n) is 1.81. The highest BCUT2D eigenvalue weighted by Crippen LogP contribution is 2.29. The van der Waals surface area contributed by atoms with E-state index in [4.69, 9.17) is 0 Å². The highest BCUT2D eigenvalue weighted by Gasteiger charge is 2.31. The van der Waals surface area contributed by atoms with Crippen molar-refractivity contribution in [2.24, 2.45) is 0 Å². The summed E-state index contributed by atoms with van der Waals surface area (Å²) in [6, 6.07) is 2.45. The minimum Gasteiger partial charge on any atom is -0.308 e. The molecule has 0 amide bonds. The molecule has 1 N–H and O–H groups in total. The summed E-state index contributed by atoms with van der Waals surface area (Å²) in [5, 5.41) is 3.30. The molecule has 1 aromatic rings. The zero-order valence-corrected chi connectivity index (χ0v) is 11.9. The molecule has 0 radical (unpaired) electrons. The van der Waals surface area contributed by atoms with Gasteiger partial charge in [0.25, 0.3) is 0 Å². The summed E-state index contributed by atoms with van der Waals surface area (Å²) in [6.07, 6.45) is -0.953. The lowest BCUT2D eigenvalue weighted by molar-refractivity contribution is -0.137. The predicted octanol–water partition coefficient (Wildman–Crippen LogP) is 4.50. The summed E-state index contributed by atoms with van der Waals surface area (Å²) < 4.78 is 37.6. The molecule has 1 rings (SSSR count). The zero-order chi connectivity index (χ0) is 15.2. The van der Waals surface area contributed by atoms with Crippen molar-refractivity contribution in [2.75, 3.05) is 6.54 Å². The minimum atomic E-state index is -4.34. The van der Waals surface area contributed by atoms with Gasteiger partial charge in [0.2, 0.25) is 0 Å². The van der Waals surface area contributed by atoms with E-state index in [2.05, 4.69) is 16.9 Å². The van der Waals surface area contributed by atoms with Crippen LogP contribution in [0.5, 0.6) is 0 Å². The molecule has 0 aliphatic rings. The number of alkyl halides is 3. The Morgan fingerprint density at radius 1 is 1.35 bits per heavy atom. The van der Waals surface area contributed by atoms with Crippen LogP contribution in [0.1, 0.15) is 50.4 Å². The SMILES string of the molecule is C=C(CC)CC(NCCC)c1ccc(C(F)(F)F)cn1. The number of hydrogen-bond donors (Lipinski definition) is 1. The fourth-order valence-corrected chi connectivity index (χ4v) is 1.81. The van der Waals surface area contributed by atoms with Crippen LogP contribution in [0.2, 0.25) is 0 Å². The van der Waals surface area contributed by atoms with Crippen LogP contribution in [0.15, 0.2) is 30.5 Å². The van der Waals surface area contributed by atoms with E-state index in [-0.39, 0.29) is 6.04 Å². The second-order valence-corrected chi connectivity index (χ2v) is 4.78. The fraction of sp³-hybridized carbons (Fsp3) is 0.533. The first-order chi connectivity index (χ1) is 9.38. The van der Waals surface area contributed by atoms with Gasteiger partial charge in [-0.3, -0.25) is 4.98 Å². The molecule has 1 atom stereocenters. The van der Waals surface area contributed by atoms with Gasteiger partial charge in [-0.25, -0.2) is 0 Å². The van der Waals surface area contributed by atoms with Gasteiger partial charge in [0.05, 0.1) is 17.3 Å². The maximum Gasteiger partial charge on any atom is 0.417 e. The monoisotopic (exact) mass is 286 g/mol. The quantitative estimate of drug-likeness (QED) is 0.747. The van der Waals surface area contributed by atoms with Crippen molar-refractivity contribution in [1.29, 1.82) is 0 Å². The zero-order valence-electron chi connectivity index (χ0n) is 11.9. The van der Waals surface area contributed by atoms with Crippen LogP contribution in [0.25, 0.3) is 0 Å².